The summed E-state index contributed by atoms with van der Waals surface area (Å²) >= 11 is 0. The zero-order valence-electron chi connectivity index (χ0n) is 13.5. The molecule has 0 atom stereocenters. The van der Waals surface area contributed by atoms with Gasteiger partial charge >= 0.3 is 0 Å². The van der Waals surface area contributed by atoms with Gasteiger partial charge in [0.2, 0.25) is 0 Å². The molecule has 1 aromatic carbocycles. The lowest BCUT2D eigenvalue weighted by Gasteiger charge is -2.13. The summed E-state index contributed by atoms with van der Waals surface area (Å²) in [5.74, 6) is 0. The Kier molecular flexibility index (Phi) is 5.97. The van der Waals surface area contributed by atoms with Crippen LogP contribution in [-0.4, -0.2) is 0 Å². The van der Waals surface area contributed by atoms with Gasteiger partial charge in [-0.1, -0.05) is 90.6 Å². The van der Waals surface area contributed by atoms with E-state index < -0.39 is 0 Å². The van der Waals surface area contributed by atoms with Crippen LogP contribution in [0.2, 0.25) is 0 Å². The Morgan fingerprint density at radius 1 is 1.00 bits per heavy atom. The molecule has 0 nitrogen and oxygen atoms in total. The topological polar surface area (TPSA) is 0 Å². The van der Waals surface area contributed by atoms with E-state index in [4.69, 9.17) is 0 Å². The van der Waals surface area contributed by atoms with Gasteiger partial charge < -0.3 is 0 Å². The molecule has 0 N–H and O–H groups in total. The predicted octanol–water partition coefficient (Wildman–Crippen LogP) is 6.43. The maximum absolute atomic E-state index is 3.79. The summed E-state index contributed by atoms with van der Waals surface area (Å²) < 4.78 is 0. The molecule has 0 radical (unpaired) electrons. The van der Waals surface area contributed by atoms with Crippen molar-refractivity contribution in [1.82, 2.24) is 0 Å². The van der Waals surface area contributed by atoms with Gasteiger partial charge in [0.1, 0.15) is 0 Å². The molecule has 112 valence electrons. The second-order valence-corrected chi connectivity index (χ2v) is 5.59. The van der Waals surface area contributed by atoms with Crippen LogP contribution >= 0.6 is 0 Å². The zero-order chi connectivity index (χ0) is 15.8. The molecule has 0 heteroatoms. The molecule has 0 bridgehead atoms. The lowest BCUT2D eigenvalue weighted by atomic mass is 9.92. The molecule has 0 aliphatic heterocycles. The molecule has 22 heavy (non-hydrogen) atoms. The standard InChI is InChI=1S/C22H24/c1-4-18(2)15-16-19(3)17-22(20-11-7-5-8-12-20)21-13-9-6-10-14-21/h4-5,7-9,11-17H,1,6,10H2,2-3H3/b18-15-,19-16+,22-17-. The minimum atomic E-state index is 1.12. The first-order chi connectivity index (χ1) is 10.7. The van der Waals surface area contributed by atoms with Crippen molar-refractivity contribution >= 4 is 5.57 Å². The average Bonchev–Trinajstić information content (AvgIpc) is 2.59. The van der Waals surface area contributed by atoms with E-state index in [2.05, 4.69) is 87.2 Å². The van der Waals surface area contributed by atoms with E-state index >= 15 is 0 Å². The fraction of sp³-hybridized carbons (Fsp3) is 0.182. The summed E-state index contributed by atoms with van der Waals surface area (Å²) in [5.41, 5.74) is 6.27. The third kappa shape index (κ3) is 4.60. The predicted molar refractivity (Wildman–Crippen MR) is 98.6 cm³/mol. The van der Waals surface area contributed by atoms with Gasteiger partial charge in [0, 0.05) is 0 Å². The van der Waals surface area contributed by atoms with Crippen LogP contribution in [0.4, 0.5) is 0 Å². The van der Waals surface area contributed by atoms with Gasteiger partial charge in [-0.15, -0.1) is 0 Å². The van der Waals surface area contributed by atoms with Crippen molar-refractivity contribution in [2.24, 2.45) is 0 Å². The Morgan fingerprint density at radius 3 is 2.36 bits per heavy atom. The largest absolute Gasteiger partial charge is 0.0988 e. The van der Waals surface area contributed by atoms with Crippen molar-refractivity contribution in [3.05, 3.63) is 102 Å². The quantitative estimate of drug-likeness (QED) is 0.548. The molecule has 1 aromatic rings. The number of hydrogen-bond donors (Lipinski definition) is 0. The van der Waals surface area contributed by atoms with Crippen LogP contribution < -0.4 is 0 Å². The van der Waals surface area contributed by atoms with Crippen LogP contribution in [0, 0.1) is 0 Å². The van der Waals surface area contributed by atoms with Gasteiger partial charge in [-0.2, -0.15) is 0 Å². The zero-order valence-corrected chi connectivity index (χ0v) is 13.5. The van der Waals surface area contributed by atoms with Crippen molar-refractivity contribution in [3.8, 4) is 0 Å². The summed E-state index contributed by atoms with van der Waals surface area (Å²) in [7, 11) is 0. The first kappa shape index (κ1) is 16.0. The van der Waals surface area contributed by atoms with Crippen LogP contribution in [-0.2, 0) is 0 Å². The van der Waals surface area contributed by atoms with Gasteiger partial charge in [0.25, 0.3) is 0 Å². The monoisotopic (exact) mass is 288 g/mol. The highest BCUT2D eigenvalue weighted by Gasteiger charge is 2.07. The minimum absolute atomic E-state index is 1.12. The van der Waals surface area contributed by atoms with Crippen LogP contribution in [0.1, 0.15) is 32.3 Å². The molecule has 0 spiro atoms. The Morgan fingerprint density at radius 2 is 1.73 bits per heavy atom. The first-order valence-corrected chi connectivity index (χ1v) is 7.82. The molecule has 0 heterocycles. The number of allylic oxidation sites excluding steroid dienone is 11. The molecule has 0 saturated carbocycles. The van der Waals surface area contributed by atoms with Gasteiger partial charge in [0.05, 0.1) is 0 Å². The first-order valence-electron chi connectivity index (χ1n) is 7.82. The maximum atomic E-state index is 3.79. The highest BCUT2D eigenvalue weighted by Crippen LogP contribution is 2.28. The Hall–Kier alpha value is -2.34. The fourth-order valence-electron chi connectivity index (χ4n) is 2.37. The van der Waals surface area contributed by atoms with E-state index in [1.165, 1.54) is 27.9 Å². The van der Waals surface area contributed by atoms with Crippen LogP contribution in [0.15, 0.2) is 96.2 Å². The van der Waals surface area contributed by atoms with E-state index in [9.17, 15) is 0 Å². The molecule has 0 fully saturated rings. The third-order valence-corrected chi connectivity index (χ3v) is 3.69. The number of rotatable bonds is 5. The Balaban J connectivity index is 2.40. The van der Waals surface area contributed by atoms with Crippen LogP contribution in [0.5, 0.6) is 0 Å². The van der Waals surface area contributed by atoms with E-state index in [1.807, 2.05) is 6.08 Å². The summed E-state index contributed by atoms with van der Waals surface area (Å²) in [5, 5.41) is 0. The smallest absolute Gasteiger partial charge is 0.0112 e. The SMILES string of the molecule is C=C\C(C)=C/C=C(C)/C=C(\C1=CCCC=C1)c1ccccc1. The van der Waals surface area contributed by atoms with E-state index in [1.54, 1.807) is 0 Å². The molecule has 0 amide bonds. The van der Waals surface area contributed by atoms with E-state index in [-0.39, 0.29) is 0 Å². The molecule has 1 aliphatic carbocycles. The lowest BCUT2D eigenvalue weighted by molar-refractivity contribution is 1.03. The second kappa shape index (κ2) is 8.19. The lowest BCUT2D eigenvalue weighted by Crippen LogP contribution is -1.92. The van der Waals surface area contributed by atoms with E-state index in [0.29, 0.717) is 0 Å². The van der Waals surface area contributed by atoms with Crippen LogP contribution in [0.3, 0.4) is 0 Å². The maximum Gasteiger partial charge on any atom is -0.0112 e. The van der Waals surface area contributed by atoms with Crippen molar-refractivity contribution < 1.29 is 0 Å². The summed E-state index contributed by atoms with van der Waals surface area (Å²) in [6.07, 6.45) is 17.5. The van der Waals surface area contributed by atoms with Crippen molar-refractivity contribution in [1.29, 1.82) is 0 Å². The van der Waals surface area contributed by atoms with Crippen molar-refractivity contribution in [3.63, 3.8) is 0 Å². The van der Waals surface area contributed by atoms with Gasteiger partial charge in [-0.3, -0.25) is 0 Å². The van der Waals surface area contributed by atoms with Crippen molar-refractivity contribution in [2.75, 3.05) is 0 Å². The number of hydrogen-bond acceptors (Lipinski definition) is 0. The van der Waals surface area contributed by atoms with Crippen molar-refractivity contribution in [2.45, 2.75) is 26.7 Å². The normalized spacial score (nSPS) is 16.5. The fourth-order valence-corrected chi connectivity index (χ4v) is 2.37. The second-order valence-electron chi connectivity index (χ2n) is 5.59. The van der Waals surface area contributed by atoms with Crippen LogP contribution in [0.25, 0.3) is 5.57 Å². The van der Waals surface area contributed by atoms with E-state index in [0.717, 1.165) is 12.8 Å². The molecule has 0 saturated heterocycles. The highest BCUT2D eigenvalue weighted by molar-refractivity contribution is 5.83. The summed E-state index contributed by atoms with van der Waals surface area (Å²) in [6, 6.07) is 10.6. The highest BCUT2D eigenvalue weighted by atomic mass is 14.1. The molecular weight excluding hydrogens is 264 g/mol. The van der Waals surface area contributed by atoms with Gasteiger partial charge in [-0.25, -0.2) is 0 Å². The summed E-state index contributed by atoms with van der Waals surface area (Å²) in [6.45, 7) is 7.99. The summed E-state index contributed by atoms with van der Waals surface area (Å²) in [4.78, 5) is 0. The number of benzene rings is 1. The van der Waals surface area contributed by atoms with Gasteiger partial charge in [-0.05, 0) is 43.4 Å². The molecular formula is C22H24. The molecule has 1 aliphatic rings. The average molecular weight is 288 g/mol. The Labute approximate surface area is 134 Å². The van der Waals surface area contributed by atoms with Gasteiger partial charge in [0.15, 0.2) is 0 Å². The molecule has 2 rings (SSSR count). The Bertz CT molecular complexity index is 661. The third-order valence-electron chi connectivity index (χ3n) is 3.69. The minimum Gasteiger partial charge on any atom is -0.0988 e. The molecule has 0 unspecified atom stereocenters. The molecule has 0 aromatic heterocycles.